The maximum Gasteiger partial charge on any atom is 0.165 e. The number of imidazole rings is 1. The van der Waals surface area contributed by atoms with Gasteiger partial charge in [-0.15, -0.1) is 0 Å². The maximum atomic E-state index is 10.3. The summed E-state index contributed by atoms with van der Waals surface area (Å²) in [6.07, 6.45) is 3.16. The molecule has 2 aromatic heterocycles. The van der Waals surface area contributed by atoms with E-state index in [1.54, 1.807) is 6.33 Å². The molecular formula is C13H15N5O2. The van der Waals surface area contributed by atoms with Crippen LogP contribution in [0.15, 0.2) is 24.8 Å². The molecule has 2 aliphatic rings. The molecule has 2 fully saturated rings. The van der Waals surface area contributed by atoms with Gasteiger partial charge in [-0.2, -0.15) is 0 Å². The van der Waals surface area contributed by atoms with Crippen LogP contribution in [-0.4, -0.2) is 42.4 Å². The van der Waals surface area contributed by atoms with Crippen LogP contribution in [0.4, 0.5) is 5.82 Å². The summed E-state index contributed by atoms with van der Waals surface area (Å²) in [6.45, 7) is 3.96. The van der Waals surface area contributed by atoms with Gasteiger partial charge in [-0.1, -0.05) is 6.58 Å². The number of hydrogen-bond donors (Lipinski definition) is 3. The zero-order valence-electron chi connectivity index (χ0n) is 10.8. The molecule has 0 bridgehead atoms. The molecule has 0 radical (unpaired) electrons. The van der Waals surface area contributed by atoms with Gasteiger partial charge >= 0.3 is 0 Å². The van der Waals surface area contributed by atoms with Crippen LogP contribution in [0.5, 0.6) is 0 Å². The molecule has 2 aromatic rings. The largest absolute Gasteiger partial charge is 0.396 e. The van der Waals surface area contributed by atoms with Crippen LogP contribution in [0.25, 0.3) is 11.2 Å². The molecule has 4 N–H and O–H groups in total. The molecule has 2 heterocycles. The fraction of sp³-hybridized carbons (Fsp3) is 0.462. The Morgan fingerprint density at radius 3 is 2.95 bits per heavy atom. The molecule has 0 aliphatic heterocycles. The molecule has 2 saturated carbocycles. The first kappa shape index (κ1) is 11.8. The van der Waals surface area contributed by atoms with Gasteiger partial charge in [0.2, 0.25) is 0 Å². The van der Waals surface area contributed by atoms with Crippen molar-refractivity contribution in [1.82, 2.24) is 19.5 Å². The molecule has 0 aromatic carbocycles. The number of aromatic nitrogens is 4. The van der Waals surface area contributed by atoms with Crippen molar-refractivity contribution in [3.8, 4) is 0 Å². The number of fused-ring (bicyclic) bond motifs is 2. The average Bonchev–Trinajstić information content (AvgIpc) is 2.95. The lowest BCUT2D eigenvalue weighted by Crippen LogP contribution is -2.24. The molecular weight excluding hydrogens is 258 g/mol. The second kappa shape index (κ2) is 3.56. The van der Waals surface area contributed by atoms with Crippen molar-refractivity contribution < 1.29 is 10.2 Å². The van der Waals surface area contributed by atoms with E-state index >= 15 is 0 Å². The average molecular weight is 273 g/mol. The summed E-state index contributed by atoms with van der Waals surface area (Å²) in [7, 11) is 0. The minimum Gasteiger partial charge on any atom is -0.396 e. The number of aliphatic hydroxyl groups is 2. The van der Waals surface area contributed by atoms with E-state index < -0.39 is 11.5 Å². The predicted octanol–water partition coefficient (Wildman–Crippen LogP) is -0.121. The van der Waals surface area contributed by atoms with Gasteiger partial charge in [0.15, 0.2) is 11.5 Å². The molecule has 2 aliphatic carbocycles. The summed E-state index contributed by atoms with van der Waals surface area (Å²) in [4.78, 5) is 12.4. The first-order valence-electron chi connectivity index (χ1n) is 6.51. The molecule has 7 heteroatoms. The molecule has 20 heavy (non-hydrogen) atoms. The van der Waals surface area contributed by atoms with Gasteiger partial charge in [0.05, 0.1) is 25.1 Å². The minimum absolute atomic E-state index is 0.0297. The summed E-state index contributed by atoms with van der Waals surface area (Å²) in [6, 6.07) is -0.101. The Balaban J connectivity index is 1.85. The highest BCUT2D eigenvalue weighted by molar-refractivity contribution is 5.81. The Morgan fingerprint density at radius 1 is 1.45 bits per heavy atom. The Hall–Kier alpha value is -1.99. The first-order chi connectivity index (χ1) is 9.60. The van der Waals surface area contributed by atoms with Crippen LogP contribution in [0.3, 0.4) is 0 Å². The van der Waals surface area contributed by atoms with Crippen molar-refractivity contribution >= 4 is 17.0 Å². The maximum absolute atomic E-state index is 10.3. The first-order valence-corrected chi connectivity index (χ1v) is 6.51. The second-order valence-corrected chi connectivity index (χ2v) is 5.71. The Bertz CT molecular complexity index is 727. The van der Waals surface area contributed by atoms with Crippen molar-refractivity contribution in [1.29, 1.82) is 0 Å². The molecule has 4 atom stereocenters. The second-order valence-electron chi connectivity index (χ2n) is 5.71. The molecule has 7 nitrogen and oxygen atoms in total. The topological polar surface area (TPSA) is 110 Å². The highest BCUT2D eigenvalue weighted by Crippen LogP contribution is 2.68. The zero-order chi connectivity index (χ0) is 14.1. The predicted molar refractivity (Wildman–Crippen MR) is 71.5 cm³/mol. The van der Waals surface area contributed by atoms with Gasteiger partial charge in [-0.3, -0.25) is 0 Å². The lowest BCUT2D eigenvalue weighted by Gasteiger charge is -2.19. The van der Waals surface area contributed by atoms with Gasteiger partial charge < -0.3 is 20.5 Å². The number of nitrogen functional groups attached to an aromatic ring is 1. The lowest BCUT2D eigenvalue weighted by molar-refractivity contribution is 0.0831. The van der Waals surface area contributed by atoms with E-state index in [9.17, 15) is 10.2 Å². The Labute approximate surface area is 114 Å². The Kier molecular flexibility index (Phi) is 2.10. The third-order valence-electron chi connectivity index (χ3n) is 4.82. The number of nitrogens with two attached hydrogens (primary N) is 1. The highest BCUT2D eigenvalue weighted by atomic mass is 16.3. The summed E-state index contributed by atoms with van der Waals surface area (Å²) in [5, 5.41) is 19.9. The van der Waals surface area contributed by atoms with Gasteiger partial charge in [0, 0.05) is 5.41 Å². The van der Waals surface area contributed by atoms with E-state index in [2.05, 4.69) is 21.5 Å². The van der Waals surface area contributed by atoms with Crippen molar-refractivity contribution in [2.45, 2.75) is 18.6 Å². The third kappa shape index (κ3) is 1.19. The van der Waals surface area contributed by atoms with Crippen molar-refractivity contribution in [2.75, 3.05) is 12.3 Å². The van der Waals surface area contributed by atoms with Crippen molar-refractivity contribution in [2.24, 2.45) is 11.3 Å². The summed E-state index contributed by atoms with van der Waals surface area (Å²) in [5.74, 6) is 0.505. The van der Waals surface area contributed by atoms with E-state index in [-0.39, 0.29) is 18.6 Å². The van der Waals surface area contributed by atoms with Crippen LogP contribution in [-0.2, 0) is 0 Å². The molecule has 0 amide bonds. The van der Waals surface area contributed by atoms with E-state index in [0.717, 1.165) is 6.42 Å². The van der Waals surface area contributed by atoms with Crippen LogP contribution in [0.2, 0.25) is 0 Å². The third-order valence-corrected chi connectivity index (χ3v) is 4.82. The minimum atomic E-state index is -0.681. The number of aliphatic hydroxyl groups excluding tert-OH is 2. The molecule has 0 saturated heterocycles. The Morgan fingerprint density at radius 2 is 2.25 bits per heavy atom. The molecule has 104 valence electrons. The van der Waals surface area contributed by atoms with Crippen LogP contribution < -0.4 is 5.73 Å². The van der Waals surface area contributed by atoms with Gasteiger partial charge in [-0.05, 0) is 17.9 Å². The normalized spacial score (nSPS) is 35.5. The number of anilines is 1. The smallest absolute Gasteiger partial charge is 0.165 e. The van der Waals surface area contributed by atoms with Gasteiger partial charge in [0.25, 0.3) is 0 Å². The van der Waals surface area contributed by atoms with Gasteiger partial charge in [-0.25, -0.2) is 15.0 Å². The highest BCUT2D eigenvalue weighted by Gasteiger charge is 2.69. The molecule has 4 rings (SSSR count). The fourth-order valence-electron chi connectivity index (χ4n) is 3.59. The molecule has 1 unspecified atom stereocenters. The summed E-state index contributed by atoms with van der Waals surface area (Å²) >= 11 is 0. The van der Waals surface area contributed by atoms with Gasteiger partial charge in [0.1, 0.15) is 11.8 Å². The standard InChI is InChI=1S/C13H15N5O2/c1-6-9(7-2-13(7,3-19)10(6)20)18-5-17-8-11(14)15-4-16-12(8)18/h4-5,7,9-10,19-20H,1-3H2,(H2,14,15,16)/t7-,9+,10?,13+/m1/s1. The zero-order valence-corrected chi connectivity index (χ0v) is 10.8. The van der Waals surface area contributed by atoms with E-state index in [1.807, 2.05) is 4.57 Å². The van der Waals surface area contributed by atoms with Crippen LogP contribution in [0, 0.1) is 11.3 Å². The number of rotatable bonds is 2. The van der Waals surface area contributed by atoms with E-state index in [1.165, 1.54) is 6.33 Å². The quantitative estimate of drug-likeness (QED) is 0.658. The summed E-state index contributed by atoms with van der Waals surface area (Å²) in [5.41, 5.74) is 7.24. The monoisotopic (exact) mass is 273 g/mol. The molecule has 0 spiro atoms. The SMILES string of the molecule is C=C1C(O)[C@]2(CO)C[C@@H]2[C@H]1n1cnc2c(N)ncnc21. The van der Waals surface area contributed by atoms with Crippen molar-refractivity contribution in [3.05, 3.63) is 24.8 Å². The van der Waals surface area contributed by atoms with Crippen LogP contribution in [0.1, 0.15) is 12.5 Å². The lowest BCUT2D eigenvalue weighted by atomic mass is 9.99. The number of nitrogens with zero attached hydrogens (tertiary/aromatic N) is 4. The number of hydrogen-bond acceptors (Lipinski definition) is 6. The van der Waals surface area contributed by atoms with Crippen molar-refractivity contribution in [3.63, 3.8) is 0 Å². The summed E-state index contributed by atoms with van der Waals surface area (Å²) < 4.78 is 1.88. The van der Waals surface area contributed by atoms with E-state index in [4.69, 9.17) is 5.73 Å². The van der Waals surface area contributed by atoms with Crippen LogP contribution >= 0.6 is 0 Å². The van der Waals surface area contributed by atoms with E-state index in [0.29, 0.717) is 22.6 Å². The fourth-order valence-corrected chi connectivity index (χ4v) is 3.59.